The van der Waals surface area contributed by atoms with E-state index in [1.807, 2.05) is 18.2 Å². The summed E-state index contributed by atoms with van der Waals surface area (Å²) in [6, 6.07) is 25.9. The molecule has 0 atom stereocenters. The topological polar surface area (TPSA) is 27.7 Å². The second-order valence-corrected chi connectivity index (χ2v) is 13.2. The maximum absolute atomic E-state index is 6.54. The van der Waals surface area contributed by atoms with Gasteiger partial charge < -0.3 is 13.6 Å². The molecule has 4 heteroatoms. The van der Waals surface area contributed by atoms with Gasteiger partial charge in [0.25, 0.3) is 0 Å². The summed E-state index contributed by atoms with van der Waals surface area (Å²) >= 11 is 0. The number of hydrogen-bond acceptors (Lipinski definition) is 3. The Morgan fingerprint density at radius 2 is 0.700 bits per heavy atom. The quantitative estimate of drug-likeness (QED) is 0.245. The fourth-order valence-corrected chi connectivity index (χ4v) is 8.07. The molecule has 0 spiro atoms. The smallest absolute Gasteiger partial charge is 0.408 e. The third-order valence-corrected chi connectivity index (χ3v) is 10.4. The first kappa shape index (κ1) is 27.6. The van der Waals surface area contributed by atoms with Gasteiger partial charge in [0.15, 0.2) is 0 Å². The van der Waals surface area contributed by atoms with Crippen LogP contribution in [0, 0.1) is 0 Å². The molecule has 212 valence electrons. The van der Waals surface area contributed by atoms with Crippen LogP contribution in [0.15, 0.2) is 72.8 Å². The van der Waals surface area contributed by atoms with Crippen LogP contribution in [0.25, 0.3) is 0 Å². The van der Waals surface area contributed by atoms with E-state index in [1.165, 1.54) is 113 Å². The van der Waals surface area contributed by atoms with Gasteiger partial charge in [0, 0.05) is 0 Å². The van der Waals surface area contributed by atoms with Crippen LogP contribution >= 0.6 is 8.60 Å². The Labute approximate surface area is 242 Å². The van der Waals surface area contributed by atoms with Gasteiger partial charge in [0.05, 0.1) is 0 Å². The largest absolute Gasteiger partial charge is 0.530 e. The summed E-state index contributed by atoms with van der Waals surface area (Å²) < 4.78 is 19.6. The highest BCUT2D eigenvalue weighted by Crippen LogP contribution is 2.45. The zero-order chi connectivity index (χ0) is 27.0. The van der Waals surface area contributed by atoms with Crippen molar-refractivity contribution in [3.05, 3.63) is 89.5 Å². The summed E-state index contributed by atoms with van der Waals surface area (Å²) in [5.41, 5.74) is 4.14. The number of hydrogen-bond donors (Lipinski definition) is 0. The first-order valence-corrected chi connectivity index (χ1v) is 17.0. The van der Waals surface area contributed by atoms with Gasteiger partial charge in [-0.3, -0.25) is 0 Å². The Kier molecular flexibility index (Phi) is 9.61. The molecular formula is C36H45O3P. The van der Waals surface area contributed by atoms with E-state index in [4.69, 9.17) is 13.6 Å². The number of benzene rings is 3. The van der Waals surface area contributed by atoms with Crippen molar-refractivity contribution in [2.75, 3.05) is 0 Å². The van der Waals surface area contributed by atoms with Crippen LogP contribution in [0.4, 0.5) is 0 Å². The fourth-order valence-electron chi connectivity index (χ4n) is 7.10. The van der Waals surface area contributed by atoms with Crippen LogP contribution in [-0.4, -0.2) is 0 Å². The lowest BCUT2D eigenvalue weighted by Gasteiger charge is -2.24. The highest BCUT2D eigenvalue weighted by Gasteiger charge is 2.24. The van der Waals surface area contributed by atoms with E-state index in [0.29, 0.717) is 17.8 Å². The maximum Gasteiger partial charge on any atom is 0.530 e. The van der Waals surface area contributed by atoms with Crippen molar-refractivity contribution in [3.8, 4) is 17.2 Å². The molecule has 0 aromatic heterocycles. The van der Waals surface area contributed by atoms with Crippen molar-refractivity contribution in [2.45, 2.75) is 114 Å². The minimum atomic E-state index is -1.68. The van der Waals surface area contributed by atoms with Crippen molar-refractivity contribution in [1.29, 1.82) is 0 Å². The maximum atomic E-state index is 6.54. The predicted octanol–water partition coefficient (Wildman–Crippen LogP) is 11.6. The third kappa shape index (κ3) is 7.41. The molecule has 0 unspecified atom stereocenters. The second-order valence-electron chi connectivity index (χ2n) is 12.2. The third-order valence-electron chi connectivity index (χ3n) is 9.34. The average Bonchev–Trinajstić information content (AvgIpc) is 3.03. The zero-order valence-electron chi connectivity index (χ0n) is 23.9. The van der Waals surface area contributed by atoms with Crippen molar-refractivity contribution in [1.82, 2.24) is 0 Å². The predicted molar refractivity (Wildman–Crippen MR) is 166 cm³/mol. The minimum absolute atomic E-state index is 0.629. The van der Waals surface area contributed by atoms with Gasteiger partial charge in [-0.1, -0.05) is 94.2 Å². The van der Waals surface area contributed by atoms with E-state index in [9.17, 15) is 0 Å². The molecule has 3 nitrogen and oxygen atoms in total. The summed E-state index contributed by atoms with van der Waals surface area (Å²) in [5.74, 6) is 4.39. The van der Waals surface area contributed by atoms with E-state index in [1.54, 1.807) is 0 Å². The molecule has 6 rings (SSSR count). The SMILES string of the molecule is c1cc(OP(Oc2cccc(C3CCCCC3)c2)Oc2cccc(C3CCCCC3)c2)cc(C2CCCCC2)c1. The molecule has 3 aromatic carbocycles. The van der Waals surface area contributed by atoms with Gasteiger partial charge in [-0.2, -0.15) is 0 Å². The van der Waals surface area contributed by atoms with Crippen molar-refractivity contribution < 1.29 is 13.6 Å². The average molecular weight is 557 g/mol. The van der Waals surface area contributed by atoms with Gasteiger partial charge in [-0.15, -0.1) is 0 Å². The highest BCUT2D eigenvalue weighted by molar-refractivity contribution is 7.43. The molecule has 3 saturated carbocycles. The van der Waals surface area contributed by atoms with Gasteiger partial charge in [0.2, 0.25) is 0 Å². The Bertz CT molecular complexity index is 1060. The molecule has 0 saturated heterocycles. The first-order chi connectivity index (χ1) is 19.8. The molecule has 0 heterocycles. The molecule has 0 N–H and O–H groups in total. The molecule has 0 aliphatic heterocycles. The van der Waals surface area contributed by atoms with Crippen LogP contribution in [0.2, 0.25) is 0 Å². The lowest BCUT2D eigenvalue weighted by atomic mass is 9.84. The molecule has 0 amide bonds. The summed E-state index contributed by atoms with van der Waals surface area (Å²) in [4.78, 5) is 0. The van der Waals surface area contributed by atoms with Crippen LogP contribution in [0.1, 0.15) is 131 Å². The summed E-state index contributed by atoms with van der Waals surface area (Å²) in [6.07, 6.45) is 19.6. The Morgan fingerprint density at radius 3 is 1.00 bits per heavy atom. The molecule has 0 bridgehead atoms. The Balaban J connectivity index is 1.22. The van der Waals surface area contributed by atoms with E-state index in [2.05, 4.69) is 54.6 Å². The highest BCUT2D eigenvalue weighted by atomic mass is 31.2. The molecule has 3 aliphatic rings. The molecule has 3 aromatic rings. The van der Waals surface area contributed by atoms with E-state index >= 15 is 0 Å². The van der Waals surface area contributed by atoms with Crippen LogP contribution in [-0.2, 0) is 0 Å². The molecule has 3 aliphatic carbocycles. The lowest BCUT2D eigenvalue weighted by Crippen LogP contribution is -2.07. The molecular weight excluding hydrogens is 511 g/mol. The van der Waals surface area contributed by atoms with Gasteiger partial charge >= 0.3 is 8.60 Å². The second kappa shape index (κ2) is 13.9. The molecule has 3 fully saturated rings. The van der Waals surface area contributed by atoms with Gasteiger partial charge in [0.1, 0.15) is 17.2 Å². The van der Waals surface area contributed by atoms with E-state index in [-0.39, 0.29) is 0 Å². The zero-order valence-corrected chi connectivity index (χ0v) is 24.8. The summed E-state index contributed by atoms with van der Waals surface area (Å²) in [7, 11) is -1.68. The van der Waals surface area contributed by atoms with Gasteiger partial charge in [-0.05, 0) is 109 Å². The van der Waals surface area contributed by atoms with Crippen molar-refractivity contribution in [3.63, 3.8) is 0 Å². The molecule has 0 radical (unpaired) electrons. The van der Waals surface area contributed by atoms with E-state index in [0.717, 1.165) is 17.2 Å². The molecule has 40 heavy (non-hydrogen) atoms. The first-order valence-electron chi connectivity index (χ1n) is 15.9. The fraction of sp³-hybridized carbons (Fsp3) is 0.500. The minimum Gasteiger partial charge on any atom is -0.408 e. The Hall–Kier alpha value is -2.51. The van der Waals surface area contributed by atoms with Crippen LogP contribution < -0.4 is 13.6 Å². The van der Waals surface area contributed by atoms with Crippen LogP contribution in [0.3, 0.4) is 0 Å². The van der Waals surface area contributed by atoms with Crippen molar-refractivity contribution in [2.24, 2.45) is 0 Å². The van der Waals surface area contributed by atoms with Gasteiger partial charge in [-0.25, -0.2) is 0 Å². The summed E-state index contributed by atoms with van der Waals surface area (Å²) in [5, 5.41) is 0. The standard InChI is InChI=1S/C36H45O3P/c1-4-13-28(14-5-1)31-19-10-22-34(25-31)37-40(38-35-23-11-20-32(26-35)29-15-6-2-7-16-29)39-36-24-12-21-33(27-36)30-17-8-3-9-18-30/h10-12,19-30H,1-9,13-18H2. The normalized spacial score (nSPS) is 19.4. The Morgan fingerprint density at radius 1 is 0.400 bits per heavy atom. The summed E-state index contributed by atoms with van der Waals surface area (Å²) in [6.45, 7) is 0. The lowest BCUT2D eigenvalue weighted by molar-refractivity contribution is 0.385. The monoisotopic (exact) mass is 556 g/mol. The van der Waals surface area contributed by atoms with Crippen molar-refractivity contribution >= 4 is 8.60 Å². The van der Waals surface area contributed by atoms with E-state index < -0.39 is 8.60 Å². The number of rotatable bonds is 9. The van der Waals surface area contributed by atoms with Crippen LogP contribution in [0.5, 0.6) is 17.2 Å².